The monoisotopic (exact) mass is 626 g/mol. The van der Waals surface area contributed by atoms with E-state index in [1.807, 2.05) is 106 Å². The van der Waals surface area contributed by atoms with Crippen LogP contribution in [-0.2, 0) is 28.1 Å². The third-order valence-corrected chi connectivity index (χ3v) is 7.98. The molecular formula is C39H38N4O4. The summed E-state index contributed by atoms with van der Waals surface area (Å²) in [7, 11) is 0. The molecule has 5 aromatic carbocycles. The molecule has 0 bridgehead atoms. The van der Waals surface area contributed by atoms with Crippen molar-refractivity contribution in [2.75, 3.05) is 0 Å². The molecule has 0 unspecified atom stereocenters. The highest BCUT2D eigenvalue weighted by Crippen LogP contribution is 2.38. The van der Waals surface area contributed by atoms with Crippen LogP contribution in [0.5, 0.6) is 5.75 Å². The standard InChI is InChI=1S/C39H38N4O4/c1-38(2,3)47-37(45)35(26-28-23-24-33(44)25-29(28)27-46-43-36-22-14-13-21-34(36)41-42-43)40-39(30-15-7-4-8-16-30,31-17-9-5-10-18-31)32-19-11-6-12-20-32/h4-25,35,40,44H,26-27H2,1-3H3/t35-/m1/s1. The summed E-state index contributed by atoms with van der Waals surface area (Å²) in [6.45, 7) is 5.68. The smallest absolute Gasteiger partial charge is 0.324 e. The predicted octanol–water partition coefficient (Wildman–Crippen LogP) is 6.60. The Bertz CT molecular complexity index is 1840. The molecule has 1 aromatic heterocycles. The number of ether oxygens (including phenoxy) is 1. The van der Waals surface area contributed by atoms with Crippen molar-refractivity contribution in [2.24, 2.45) is 0 Å². The zero-order valence-electron chi connectivity index (χ0n) is 26.7. The van der Waals surface area contributed by atoms with Gasteiger partial charge in [0.05, 0.1) is 5.54 Å². The number of hydrogen-bond acceptors (Lipinski definition) is 7. The van der Waals surface area contributed by atoms with Crippen LogP contribution in [-0.4, -0.2) is 37.9 Å². The van der Waals surface area contributed by atoms with Gasteiger partial charge >= 0.3 is 5.97 Å². The first-order valence-electron chi connectivity index (χ1n) is 15.6. The largest absolute Gasteiger partial charge is 0.508 e. The number of benzene rings is 5. The maximum absolute atomic E-state index is 14.2. The van der Waals surface area contributed by atoms with Gasteiger partial charge < -0.3 is 14.7 Å². The number of nitrogens with one attached hydrogen (secondary N) is 1. The average molecular weight is 627 g/mol. The fourth-order valence-electron chi connectivity index (χ4n) is 5.88. The van der Waals surface area contributed by atoms with Crippen LogP contribution in [0.2, 0.25) is 0 Å². The van der Waals surface area contributed by atoms with Crippen molar-refractivity contribution in [3.05, 3.63) is 161 Å². The van der Waals surface area contributed by atoms with Crippen LogP contribution in [0, 0.1) is 0 Å². The molecule has 0 radical (unpaired) electrons. The van der Waals surface area contributed by atoms with Crippen molar-refractivity contribution < 1.29 is 19.5 Å². The van der Waals surface area contributed by atoms with Crippen LogP contribution in [0.1, 0.15) is 48.6 Å². The molecule has 0 saturated heterocycles. The number of fused-ring (bicyclic) bond motifs is 1. The first kappa shape index (κ1) is 31.5. The number of phenols is 1. The molecule has 1 heterocycles. The van der Waals surface area contributed by atoms with E-state index in [9.17, 15) is 9.90 Å². The number of rotatable bonds is 11. The Morgan fingerprint density at radius 3 is 1.89 bits per heavy atom. The lowest BCUT2D eigenvalue weighted by Gasteiger charge is -2.40. The van der Waals surface area contributed by atoms with E-state index in [-0.39, 0.29) is 18.8 Å². The lowest BCUT2D eigenvalue weighted by molar-refractivity contribution is -0.157. The van der Waals surface area contributed by atoms with Gasteiger partial charge in [0.2, 0.25) is 0 Å². The highest BCUT2D eigenvalue weighted by atomic mass is 16.7. The molecule has 8 heteroatoms. The SMILES string of the molecule is CC(C)(C)OC(=O)[C@@H](Cc1ccc(O)cc1COn1nnc2ccccc21)NC(c1ccccc1)(c1ccccc1)c1ccccc1. The van der Waals surface area contributed by atoms with Gasteiger partial charge in [-0.15, -0.1) is 5.10 Å². The minimum atomic E-state index is -0.918. The summed E-state index contributed by atoms with van der Waals surface area (Å²) >= 11 is 0. The second kappa shape index (κ2) is 13.5. The van der Waals surface area contributed by atoms with E-state index in [4.69, 9.17) is 9.57 Å². The van der Waals surface area contributed by atoms with E-state index < -0.39 is 23.2 Å². The minimum Gasteiger partial charge on any atom is -0.508 e. The number of para-hydroxylation sites is 1. The summed E-state index contributed by atoms with van der Waals surface area (Å²) in [4.78, 5) is 21.7. The first-order valence-corrected chi connectivity index (χ1v) is 15.6. The third-order valence-electron chi connectivity index (χ3n) is 7.98. The Balaban J connectivity index is 1.43. The topological polar surface area (TPSA) is 98.5 Å². The zero-order chi connectivity index (χ0) is 32.9. The molecule has 0 amide bonds. The van der Waals surface area contributed by atoms with Crippen LogP contribution in [0.4, 0.5) is 0 Å². The fourth-order valence-corrected chi connectivity index (χ4v) is 5.88. The number of carbonyl (C=O) groups excluding carboxylic acids is 1. The molecule has 0 spiro atoms. The Morgan fingerprint density at radius 1 is 0.766 bits per heavy atom. The van der Waals surface area contributed by atoms with Gasteiger partial charge in [-0.05, 0) is 84.5 Å². The van der Waals surface area contributed by atoms with E-state index >= 15 is 0 Å². The summed E-state index contributed by atoms with van der Waals surface area (Å²) in [6.07, 6.45) is 0.250. The van der Waals surface area contributed by atoms with Gasteiger partial charge in [0.1, 0.15) is 35.0 Å². The maximum Gasteiger partial charge on any atom is 0.324 e. The number of aromatic hydroxyl groups is 1. The molecule has 8 nitrogen and oxygen atoms in total. The van der Waals surface area contributed by atoms with Crippen molar-refractivity contribution in [1.82, 2.24) is 20.5 Å². The number of carbonyl (C=O) groups is 1. The van der Waals surface area contributed by atoms with Gasteiger partial charge in [-0.3, -0.25) is 10.1 Å². The summed E-state index contributed by atoms with van der Waals surface area (Å²) in [5, 5.41) is 22.6. The molecule has 47 heavy (non-hydrogen) atoms. The Hall–Kier alpha value is -5.47. The van der Waals surface area contributed by atoms with E-state index in [0.717, 1.165) is 27.8 Å². The quantitative estimate of drug-likeness (QED) is 0.124. The molecular weight excluding hydrogens is 588 g/mol. The number of hydrogen-bond donors (Lipinski definition) is 2. The highest BCUT2D eigenvalue weighted by molar-refractivity contribution is 5.77. The van der Waals surface area contributed by atoms with Crippen molar-refractivity contribution in [1.29, 1.82) is 0 Å². The normalized spacial score (nSPS) is 12.5. The van der Waals surface area contributed by atoms with E-state index in [1.165, 1.54) is 4.85 Å². The number of nitrogens with zero attached hydrogens (tertiary/aromatic N) is 3. The summed E-state index contributed by atoms with van der Waals surface area (Å²) in [5.74, 6) is -0.309. The minimum absolute atomic E-state index is 0.0827. The third kappa shape index (κ3) is 7.03. The van der Waals surface area contributed by atoms with Crippen LogP contribution in [0.25, 0.3) is 11.0 Å². The maximum atomic E-state index is 14.2. The number of aromatic nitrogens is 3. The lowest BCUT2D eigenvalue weighted by atomic mass is 9.76. The molecule has 0 aliphatic heterocycles. The highest BCUT2D eigenvalue weighted by Gasteiger charge is 2.41. The van der Waals surface area contributed by atoms with Gasteiger partial charge in [0, 0.05) is 0 Å². The molecule has 0 saturated carbocycles. The van der Waals surface area contributed by atoms with Crippen LogP contribution in [0.15, 0.2) is 133 Å². The van der Waals surface area contributed by atoms with E-state index in [1.54, 1.807) is 12.1 Å². The second-order valence-corrected chi connectivity index (χ2v) is 12.5. The van der Waals surface area contributed by atoms with Crippen LogP contribution < -0.4 is 10.2 Å². The van der Waals surface area contributed by atoms with Crippen molar-refractivity contribution in [2.45, 2.75) is 51.0 Å². The Labute approximate surface area is 274 Å². The lowest BCUT2D eigenvalue weighted by Crippen LogP contribution is -2.54. The van der Waals surface area contributed by atoms with Crippen molar-refractivity contribution in [3.8, 4) is 5.75 Å². The summed E-state index contributed by atoms with van der Waals surface area (Å²) < 4.78 is 6.05. The molecule has 0 aliphatic rings. The first-order chi connectivity index (χ1) is 22.7. The summed E-state index contributed by atoms with van der Waals surface area (Å²) in [6, 6.07) is 42.2. The molecule has 0 aliphatic carbocycles. The number of phenolic OH excluding ortho intramolecular Hbond substituents is 1. The van der Waals surface area contributed by atoms with Gasteiger partial charge in [0.15, 0.2) is 0 Å². The van der Waals surface area contributed by atoms with Gasteiger partial charge in [-0.1, -0.05) is 114 Å². The molecule has 0 fully saturated rings. The Kier molecular flexibility index (Phi) is 9.04. The van der Waals surface area contributed by atoms with Gasteiger partial charge in [-0.2, -0.15) is 0 Å². The summed E-state index contributed by atoms with van der Waals surface area (Å²) in [5.41, 5.74) is 4.20. The Morgan fingerprint density at radius 2 is 1.32 bits per heavy atom. The fraction of sp³-hybridized carbons (Fsp3) is 0.205. The van der Waals surface area contributed by atoms with E-state index in [0.29, 0.717) is 11.1 Å². The molecule has 2 N–H and O–H groups in total. The van der Waals surface area contributed by atoms with Crippen LogP contribution >= 0.6 is 0 Å². The zero-order valence-corrected chi connectivity index (χ0v) is 26.7. The van der Waals surface area contributed by atoms with Gasteiger partial charge in [-0.25, -0.2) is 0 Å². The van der Waals surface area contributed by atoms with Gasteiger partial charge in [0.25, 0.3) is 0 Å². The molecule has 6 aromatic rings. The van der Waals surface area contributed by atoms with E-state index in [2.05, 4.69) is 52.0 Å². The predicted molar refractivity (Wildman–Crippen MR) is 182 cm³/mol. The van der Waals surface area contributed by atoms with Crippen LogP contribution in [0.3, 0.4) is 0 Å². The average Bonchev–Trinajstić information content (AvgIpc) is 3.50. The molecule has 1 atom stereocenters. The van der Waals surface area contributed by atoms with Crippen molar-refractivity contribution >= 4 is 17.0 Å². The second-order valence-electron chi connectivity index (χ2n) is 12.5. The molecule has 6 rings (SSSR count). The number of esters is 1. The molecule has 238 valence electrons. The van der Waals surface area contributed by atoms with Crippen molar-refractivity contribution in [3.63, 3.8) is 0 Å².